The number of hydrogen-bond acceptors (Lipinski definition) is 4. The minimum absolute atomic E-state index is 0.0222. The first-order valence-corrected chi connectivity index (χ1v) is 9.70. The maximum absolute atomic E-state index is 13.5. The standard InChI is InChI=1S/C21H22FN5O/c1-25-9-10-26(21(28)14-5-6-14)13-19(25)20-18-8-7-16(12-27(18)24-23-20)15-3-2-4-17(22)11-15/h2-4,7-8,11-12,14,19H,5-6,9-10,13H2,1H3/t19-/m0/s1. The molecule has 5 rings (SSSR count). The fraction of sp³-hybridized carbons (Fsp3) is 0.381. The highest BCUT2D eigenvalue weighted by Crippen LogP contribution is 2.34. The van der Waals surface area contributed by atoms with Gasteiger partial charge >= 0.3 is 0 Å². The van der Waals surface area contributed by atoms with Gasteiger partial charge in [0.05, 0.1) is 11.6 Å². The van der Waals surface area contributed by atoms with Crippen molar-refractivity contribution < 1.29 is 9.18 Å². The Balaban J connectivity index is 1.46. The molecule has 1 amide bonds. The van der Waals surface area contributed by atoms with Crippen molar-refractivity contribution in [3.8, 4) is 11.1 Å². The molecule has 3 aromatic rings. The molecule has 2 aliphatic rings. The van der Waals surface area contributed by atoms with Crippen LogP contribution in [0, 0.1) is 11.7 Å². The lowest BCUT2D eigenvalue weighted by molar-refractivity contribution is -0.135. The smallest absolute Gasteiger partial charge is 0.225 e. The van der Waals surface area contributed by atoms with E-state index >= 15 is 0 Å². The highest BCUT2D eigenvalue weighted by Gasteiger charge is 2.37. The Hall–Kier alpha value is -2.80. The summed E-state index contributed by atoms with van der Waals surface area (Å²) in [6.45, 7) is 2.24. The maximum Gasteiger partial charge on any atom is 0.225 e. The number of pyridine rings is 1. The second kappa shape index (κ2) is 6.67. The van der Waals surface area contributed by atoms with Gasteiger partial charge in [-0.05, 0) is 43.7 Å². The fourth-order valence-corrected chi connectivity index (χ4v) is 3.95. The molecule has 2 fully saturated rings. The van der Waals surface area contributed by atoms with Crippen molar-refractivity contribution in [1.82, 2.24) is 24.6 Å². The molecule has 1 saturated heterocycles. The van der Waals surface area contributed by atoms with Crippen molar-refractivity contribution in [1.29, 1.82) is 0 Å². The average molecular weight is 379 g/mol. The molecule has 1 atom stereocenters. The zero-order valence-electron chi connectivity index (χ0n) is 15.8. The SMILES string of the molecule is CN1CCN(C(=O)C2CC2)C[C@H]1c1nnn2cc(-c3cccc(F)c3)ccc12. The lowest BCUT2D eigenvalue weighted by Gasteiger charge is -2.38. The maximum atomic E-state index is 13.5. The Labute approximate surface area is 162 Å². The van der Waals surface area contributed by atoms with E-state index in [0.717, 1.165) is 48.3 Å². The molecule has 0 bridgehead atoms. The minimum Gasteiger partial charge on any atom is -0.339 e. The summed E-state index contributed by atoms with van der Waals surface area (Å²) < 4.78 is 15.3. The molecule has 1 saturated carbocycles. The monoisotopic (exact) mass is 379 g/mol. The Kier molecular flexibility index (Phi) is 4.12. The topological polar surface area (TPSA) is 53.7 Å². The van der Waals surface area contributed by atoms with E-state index in [9.17, 15) is 9.18 Å². The number of likely N-dealkylation sites (N-methyl/N-ethyl adjacent to an activating group) is 1. The van der Waals surface area contributed by atoms with Crippen molar-refractivity contribution in [2.45, 2.75) is 18.9 Å². The summed E-state index contributed by atoms with van der Waals surface area (Å²) in [5.74, 6) is 0.249. The first kappa shape index (κ1) is 17.3. The number of nitrogens with zero attached hydrogens (tertiary/aromatic N) is 5. The predicted molar refractivity (Wildman–Crippen MR) is 103 cm³/mol. The quantitative estimate of drug-likeness (QED) is 0.702. The largest absolute Gasteiger partial charge is 0.339 e. The van der Waals surface area contributed by atoms with Crippen molar-refractivity contribution >= 4 is 11.4 Å². The van der Waals surface area contributed by atoms with Crippen LogP contribution in [0.2, 0.25) is 0 Å². The van der Waals surface area contributed by atoms with Gasteiger partial charge in [-0.3, -0.25) is 9.69 Å². The lowest BCUT2D eigenvalue weighted by atomic mass is 10.1. The van der Waals surface area contributed by atoms with E-state index in [1.807, 2.05) is 29.3 Å². The third-order valence-corrected chi connectivity index (χ3v) is 5.80. The molecule has 0 unspecified atom stereocenters. The number of fused-ring (bicyclic) bond motifs is 1. The number of hydrogen-bond donors (Lipinski definition) is 0. The molecule has 3 heterocycles. The summed E-state index contributed by atoms with van der Waals surface area (Å²) in [6.07, 6.45) is 3.91. The second-order valence-electron chi connectivity index (χ2n) is 7.79. The summed E-state index contributed by atoms with van der Waals surface area (Å²) in [6, 6.07) is 10.5. The average Bonchev–Trinajstić information content (AvgIpc) is 3.47. The molecular formula is C21H22FN5O. The van der Waals surface area contributed by atoms with Crippen LogP contribution in [0.15, 0.2) is 42.6 Å². The Morgan fingerprint density at radius 1 is 1.14 bits per heavy atom. The number of aromatic nitrogens is 3. The third-order valence-electron chi connectivity index (χ3n) is 5.80. The van der Waals surface area contributed by atoms with Crippen molar-refractivity contribution in [3.63, 3.8) is 0 Å². The van der Waals surface area contributed by atoms with Gasteiger partial charge in [-0.2, -0.15) is 0 Å². The van der Waals surface area contributed by atoms with Crippen LogP contribution in [0.4, 0.5) is 4.39 Å². The van der Waals surface area contributed by atoms with Crippen molar-refractivity contribution in [3.05, 3.63) is 54.1 Å². The van der Waals surface area contributed by atoms with Gasteiger partial charge in [-0.1, -0.05) is 23.4 Å². The summed E-state index contributed by atoms with van der Waals surface area (Å²) in [4.78, 5) is 16.7. The van der Waals surface area contributed by atoms with Gasteiger partial charge in [0.2, 0.25) is 5.91 Å². The number of rotatable bonds is 3. The molecule has 144 valence electrons. The molecule has 0 radical (unpaired) electrons. The van der Waals surface area contributed by atoms with Crippen LogP contribution in [0.25, 0.3) is 16.6 Å². The number of benzene rings is 1. The normalized spacial score (nSPS) is 20.6. The van der Waals surface area contributed by atoms with E-state index < -0.39 is 0 Å². The van der Waals surface area contributed by atoms with Gasteiger partial charge in [0.15, 0.2) is 0 Å². The van der Waals surface area contributed by atoms with Crippen LogP contribution >= 0.6 is 0 Å². The first-order chi connectivity index (χ1) is 13.6. The third kappa shape index (κ3) is 3.05. The van der Waals surface area contributed by atoms with Crippen LogP contribution in [0.5, 0.6) is 0 Å². The van der Waals surface area contributed by atoms with Gasteiger partial charge in [-0.15, -0.1) is 5.10 Å². The Morgan fingerprint density at radius 3 is 2.79 bits per heavy atom. The Bertz CT molecular complexity index is 1040. The summed E-state index contributed by atoms with van der Waals surface area (Å²) in [7, 11) is 2.07. The predicted octanol–water partition coefficient (Wildman–Crippen LogP) is 2.76. The highest BCUT2D eigenvalue weighted by molar-refractivity contribution is 5.81. The summed E-state index contributed by atoms with van der Waals surface area (Å²) in [5, 5.41) is 8.73. The molecule has 1 aliphatic carbocycles. The van der Waals surface area contributed by atoms with E-state index in [0.29, 0.717) is 6.54 Å². The molecule has 0 N–H and O–H groups in total. The molecule has 1 aromatic carbocycles. The van der Waals surface area contributed by atoms with E-state index in [1.165, 1.54) is 12.1 Å². The van der Waals surface area contributed by atoms with Crippen LogP contribution in [-0.2, 0) is 4.79 Å². The van der Waals surface area contributed by atoms with E-state index in [4.69, 9.17) is 0 Å². The van der Waals surface area contributed by atoms with Gasteiger partial charge < -0.3 is 4.90 Å². The van der Waals surface area contributed by atoms with Gasteiger partial charge in [-0.25, -0.2) is 8.91 Å². The molecule has 0 spiro atoms. The Morgan fingerprint density at radius 2 is 2.00 bits per heavy atom. The van der Waals surface area contributed by atoms with Crippen molar-refractivity contribution in [2.75, 3.05) is 26.7 Å². The highest BCUT2D eigenvalue weighted by atomic mass is 19.1. The van der Waals surface area contributed by atoms with E-state index in [2.05, 4.69) is 22.3 Å². The molecule has 7 heteroatoms. The minimum atomic E-state index is -0.263. The van der Waals surface area contributed by atoms with Gasteiger partial charge in [0.1, 0.15) is 11.5 Å². The molecule has 1 aliphatic heterocycles. The number of piperazine rings is 1. The number of carbonyl (C=O) groups excluding carboxylic acids is 1. The van der Waals surface area contributed by atoms with Crippen LogP contribution < -0.4 is 0 Å². The zero-order chi connectivity index (χ0) is 19.3. The number of carbonyl (C=O) groups is 1. The fourth-order valence-electron chi connectivity index (χ4n) is 3.95. The summed E-state index contributed by atoms with van der Waals surface area (Å²) >= 11 is 0. The molecular weight excluding hydrogens is 357 g/mol. The van der Waals surface area contributed by atoms with Crippen LogP contribution in [-0.4, -0.2) is 57.2 Å². The van der Waals surface area contributed by atoms with Crippen molar-refractivity contribution in [2.24, 2.45) is 5.92 Å². The lowest BCUT2D eigenvalue weighted by Crippen LogP contribution is -2.49. The molecule has 28 heavy (non-hydrogen) atoms. The zero-order valence-corrected chi connectivity index (χ0v) is 15.8. The van der Waals surface area contributed by atoms with Crippen LogP contribution in [0.3, 0.4) is 0 Å². The number of amides is 1. The van der Waals surface area contributed by atoms with Gasteiger partial charge in [0.25, 0.3) is 0 Å². The number of halogens is 1. The van der Waals surface area contributed by atoms with E-state index in [-0.39, 0.29) is 23.7 Å². The summed E-state index contributed by atoms with van der Waals surface area (Å²) in [5.41, 5.74) is 3.47. The first-order valence-electron chi connectivity index (χ1n) is 9.70. The van der Waals surface area contributed by atoms with E-state index in [1.54, 1.807) is 10.6 Å². The molecule has 6 nitrogen and oxygen atoms in total. The van der Waals surface area contributed by atoms with Gasteiger partial charge in [0, 0.05) is 37.3 Å². The molecule has 2 aromatic heterocycles. The second-order valence-corrected chi connectivity index (χ2v) is 7.79. The van der Waals surface area contributed by atoms with Crippen LogP contribution in [0.1, 0.15) is 24.6 Å².